The number of hydrogen-bond donors (Lipinski definition) is 1. The SMILES string of the molecule is CC.CC.CN.Cc1ccccc1CCc1ncccc1C. The summed E-state index contributed by atoms with van der Waals surface area (Å²) in [6, 6.07) is 12.7. The molecule has 1 heterocycles. The van der Waals surface area contributed by atoms with Gasteiger partial charge in [0.25, 0.3) is 0 Å². The molecule has 124 valence electrons. The Kier molecular flexibility index (Phi) is 16.1. The lowest BCUT2D eigenvalue weighted by Crippen LogP contribution is -1.98. The molecule has 0 saturated carbocycles. The zero-order valence-corrected chi connectivity index (χ0v) is 15.5. The first-order valence-corrected chi connectivity index (χ1v) is 8.30. The molecule has 0 spiro atoms. The van der Waals surface area contributed by atoms with E-state index >= 15 is 0 Å². The Hall–Kier alpha value is -1.67. The average Bonchev–Trinajstić information content (AvgIpc) is 2.61. The van der Waals surface area contributed by atoms with E-state index in [2.05, 4.69) is 54.9 Å². The normalized spacial score (nSPS) is 8.36. The largest absolute Gasteiger partial charge is 0.333 e. The van der Waals surface area contributed by atoms with Gasteiger partial charge in [0.05, 0.1) is 0 Å². The minimum absolute atomic E-state index is 1.03. The fraction of sp³-hybridized carbons (Fsp3) is 0.450. The standard InChI is InChI=1S/C15H17N.2C2H6.CH5N/c1-12-6-3-4-8-14(12)9-10-15-13(2)7-5-11-16-15;3*1-2/h3-8,11H,9-10H2,1-2H3;2*1-2H3;2H2,1H3. The van der Waals surface area contributed by atoms with Gasteiger partial charge in [-0.3, -0.25) is 4.98 Å². The molecule has 22 heavy (non-hydrogen) atoms. The highest BCUT2D eigenvalue weighted by atomic mass is 14.7. The van der Waals surface area contributed by atoms with Gasteiger partial charge in [-0.2, -0.15) is 0 Å². The smallest absolute Gasteiger partial charge is 0.0436 e. The third-order valence-corrected chi connectivity index (χ3v) is 3.01. The van der Waals surface area contributed by atoms with Gasteiger partial charge in [0.2, 0.25) is 0 Å². The molecule has 2 rings (SSSR count). The molecule has 0 saturated heterocycles. The second kappa shape index (κ2) is 15.7. The molecule has 0 atom stereocenters. The number of hydrogen-bond acceptors (Lipinski definition) is 2. The summed E-state index contributed by atoms with van der Waals surface area (Å²) >= 11 is 0. The van der Waals surface area contributed by atoms with Crippen molar-refractivity contribution in [3.8, 4) is 0 Å². The summed E-state index contributed by atoms with van der Waals surface area (Å²) in [6.45, 7) is 12.3. The van der Waals surface area contributed by atoms with Crippen molar-refractivity contribution >= 4 is 0 Å². The molecule has 0 fully saturated rings. The summed E-state index contributed by atoms with van der Waals surface area (Å²) < 4.78 is 0. The molecule has 0 unspecified atom stereocenters. The van der Waals surface area contributed by atoms with Crippen molar-refractivity contribution in [2.24, 2.45) is 5.73 Å². The maximum Gasteiger partial charge on any atom is 0.0436 e. The van der Waals surface area contributed by atoms with Gasteiger partial charge in [-0.25, -0.2) is 0 Å². The van der Waals surface area contributed by atoms with E-state index in [1.54, 1.807) is 0 Å². The maximum atomic E-state index is 4.50. The third-order valence-electron chi connectivity index (χ3n) is 3.01. The van der Waals surface area contributed by atoms with Crippen molar-refractivity contribution in [1.29, 1.82) is 0 Å². The second-order valence-corrected chi connectivity index (χ2v) is 4.19. The zero-order valence-electron chi connectivity index (χ0n) is 15.5. The van der Waals surface area contributed by atoms with Crippen molar-refractivity contribution in [1.82, 2.24) is 4.98 Å². The minimum atomic E-state index is 1.03. The number of aryl methyl sites for hydroxylation is 4. The van der Waals surface area contributed by atoms with Crippen molar-refractivity contribution in [3.63, 3.8) is 0 Å². The Morgan fingerprint density at radius 2 is 1.32 bits per heavy atom. The van der Waals surface area contributed by atoms with Crippen LogP contribution in [0.2, 0.25) is 0 Å². The van der Waals surface area contributed by atoms with Crippen LogP contribution in [0.25, 0.3) is 0 Å². The first kappa shape index (κ1) is 22.6. The first-order chi connectivity index (χ1) is 10.8. The second-order valence-electron chi connectivity index (χ2n) is 4.19. The molecule has 2 aromatic rings. The molecule has 1 aromatic heterocycles. The zero-order chi connectivity index (χ0) is 17.4. The van der Waals surface area contributed by atoms with Gasteiger partial charge in [0.15, 0.2) is 0 Å². The van der Waals surface area contributed by atoms with Crippen LogP contribution in [0.15, 0.2) is 42.6 Å². The molecule has 0 amide bonds. The van der Waals surface area contributed by atoms with E-state index in [4.69, 9.17) is 0 Å². The van der Waals surface area contributed by atoms with Crippen LogP contribution in [-0.2, 0) is 12.8 Å². The first-order valence-electron chi connectivity index (χ1n) is 8.30. The van der Waals surface area contributed by atoms with Crippen LogP contribution in [0.5, 0.6) is 0 Å². The lowest BCUT2D eigenvalue weighted by molar-refractivity contribution is 0.894. The van der Waals surface area contributed by atoms with Crippen LogP contribution in [-0.4, -0.2) is 12.0 Å². The topological polar surface area (TPSA) is 38.9 Å². The Labute approximate surface area is 137 Å². The molecular formula is C20H34N2. The summed E-state index contributed by atoms with van der Waals surface area (Å²) in [5, 5.41) is 0. The number of pyridine rings is 1. The van der Waals surface area contributed by atoms with Crippen molar-refractivity contribution in [3.05, 3.63) is 65.0 Å². The van der Waals surface area contributed by atoms with Gasteiger partial charge >= 0.3 is 0 Å². The highest BCUT2D eigenvalue weighted by Crippen LogP contribution is 2.12. The Morgan fingerprint density at radius 1 is 0.773 bits per heavy atom. The van der Waals surface area contributed by atoms with Crippen LogP contribution < -0.4 is 5.73 Å². The van der Waals surface area contributed by atoms with E-state index in [-0.39, 0.29) is 0 Å². The van der Waals surface area contributed by atoms with E-state index in [0.717, 1.165) is 12.8 Å². The molecule has 1 aromatic carbocycles. The van der Waals surface area contributed by atoms with Crippen LogP contribution in [0.1, 0.15) is 50.1 Å². The maximum absolute atomic E-state index is 4.50. The Bertz CT molecular complexity index is 433. The Morgan fingerprint density at radius 3 is 1.86 bits per heavy atom. The molecule has 2 nitrogen and oxygen atoms in total. The molecule has 0 radical (unpaired) electrons. The number of rotatable bonds is 3. The minimum Gasteiger partial charge on any atom is -0.333 e. The van der Waals surface area contributed by atoms with Crippen molar-refractivity contribution < 1.29 is 0 Å². The monoisotopic (exact) mass is 302 g/mol. The van der Waals surface area contributed by atoms with Gasteiger partial charge in [0.1, 0.15) is 0 Å². The van der Waals surface area contributed by atoms with Gasteiger partial charge in [0, 0.05) is 11.9 Å². The number of nitrogens with zero attached hydrogens (tertiary/aromatic N) is 1. The summed E-state index contributed by atoms with van der Waals surface area (Å²) in [7, 11) is 1.50. The Balaban J connectivity index is 0. The highest BCUT2D eigenvalue weighted by molar-refractivity contribution is 5.27. The predicted octanol–water partition coefficient (Wildman–Crippen LogP) is 5.11. The predicted molar refractivity (Wildman–Crippen MR) is 100 cm³/mol. The summed E-state index contributed by atoms with van der Waals surface area (Å²) in [5.74, 6) is 0. The molecule has 2 heteroatoms. The lowest BCUT2D eigenvalue weighted by atomic mass is 10.0. The van der Waals surface area contributed by atoms with Gasteiger partial charge in [-0.1, -0.05) is 58.0 Å². The molecular weight excluding hydrogens is 268 g/mol. The number of benzene rings is 1. The molecule has 0 aliphatic rings. The van der Waals surface area contributed by atoms with Crippen LogP contribution in [0, 0.1) is 13.8 Å². The van der Waals surface area contributed by atoms with Crippen molar-refractivity contribution in [2.75, 3.05) is 7.05 Å². The van der Waals surface area contributed by atoms with E-state index in [9.17, 15) is 0 Å². The van der Waals surface area contributed by atoms with E-state index in [0.29, 0.717) is 0 Å². The fourth-order valence-electron chi connectivity index (χ4n) is 1.92. The lowest BCUT2D eigenvalue weighted by Gasteiger charge is -2.06. The van der Waals surface area contributed by atoms with Gasteiger partial charge < -0.3 is 5.73 Å². The van der Waals surface area contributed by atoms with E-state index in [1.165, 1.54) is 29.4 Å². The quantitative estimate of drug-likeness (QED) is 0.855. The number of nitrogens with two attached hydrogens (primary N) is 1. The summed E-state index contributed by atoms with van der Waals surface area (Å²) in [4.78, 5) is 4.42. The summed E-state index contributed by atoms with van der Waals surface area (Å²) in [5.41, 5.74) is 9.80. The van der Waals surface area contributed by atoms with Gasteiger partial charge in [-0.15, -0.1) is 0 Å². The van der Waals surface area contributed by atoms with E-state index in [1.807, 2.05) is 40.0 Å². The van der Waals surface area contributed by atoms with Crippen LogP contribution >= 0.6 is 0 Å². The summed E-state index contributed by atoms with van der Waals surface area (Å²) in [6.07, 6.45) is 3.97. The third kappa shape index (κ3) is 8.58. The molecule has 0 bridgehead atoms. The van der Waals surface area contributed by atoms with Crippen molar-refractivity contribution in [2.45, 2.75) is 54.4 Å². The van der Waals surface area contributed by atoms with Crippen LogP contribution in [0.3, 0.4) is 0 Å². The molecule has 2 N–H and O–H groups in total. The van der Waals surface area contributed by atoms with Gasteiger partial charge in [-0.05, 0) is 56.5 Å². The number of aromatic nitrogens is 1. The van der Waals surface area contributed by atoms with E-state index < -0.39 is 0 Å². The van der Waals surface area contributed by atoms with Crippen LogP contribution in [0.4, 0.5) is 0 Å². The highest BCUT2D eigenvalue weighted by Gasteiger charge is 2.01. The molecule has 0 aliphatic heterocycles. The molecule has 0 aliphatic carbocycles. The average molecular weight is 303 g/mol. The fourth-order valence-corrected chi connectivity index (χ4v) is 1.92.